The third kappa shape index (κ3) is 18.0. The van der Waals surface area contributed by atoms with Crippen molar-refractivity contribution in [1.82, 2.24) is 0 Å². The number of carboxylic acids is 1. The molecule has 0 saturated carbocycles. The topological polar surface area (TPSA) is 133 Å². The summed E-state index contributed by atoms with van der Waals surface area (Å²) >= 11 is 0. The summed E-state index contributed by atoms with van der Waals surface area (Å²) in [6, 6.07) is 0. The summed E-state index contributed by atoms with van der Waals surface area (Å²) in [5, 5.41) is 7.42. The molecule has 5 N–H and O–H groups in total. The van der Waals surface area contributed by atoms with Crippen LogP contribution in [0.4, 0.5) is 0 Å². The first kappa shape index (κ1) is 14.1. The van der Waals surface area contributed by atoms with Crippen LogP contribution in [0.5, 0.6) is 0 Å². The van der Waals surface area contributed by atoms with E-state index < -0.39 is 17.9 Å². The van der Waals surface area contributed by atoms with Crippen LogP contribution in [0.25, 0.3) is 0 Å². The average molecular weight is 192 g/mol. The van der Waals surface area contributed by atoms with Gasteiger partial charge in [0.05, 0.1) is 13.1 Å². The van der Waals surface area contributed by atoms with E-state index in [0.717, 1.165) is 6.92 Å². The van der Waals surface area contributed by atoms with Crippen molar-refractivity contribution in [2.75, 3.05) is 13.1 Å². The predicted octanol–water partition coefficient (Wildman–Crippen LogP) is -1.94. The highest BCUT2D eigenvalue weighted by Gasteiger charge is 2.04. The minimum Gasteiger partial charge on any atom is -0.481 e. The fourth-order valence-electron chi connectivity index (χ4n) is 0.210. The van der Waals surface area contributed by atoms with E-state index in [4.69, 9.17) is 21.4 Å². The molecule has 0 atom stereocenters. The minimum atomic E-state index is -0.833. The Kier molecular flexibility index (Phi) is 9.34. The Morgan fingerprint density at radius 1 is 1.15 bits per heavy atom. The monoisotopic (exact) mass is 192 g/mol. The van der Waals surface area contributed by atoms with Crippen LogP contribution in [0.1, 0.15) is 6.92 Å². The van der Waals surface area contributed by atoms with Gasteiger partial charge in [-0.1, -0.05) is 0 Å². The Hall–Kier alpha value is -1.47. The number of nitrogens with two attached hydrogens (primary N) is 2. The lowest BCUT2D eigenvalue weighted by Gasteiger charge is -1.95. The Bertz CT molecular complexity index is 173. The van der Waals surface area contributed by atoms with Crippen LogP contribution in [-0.2, 0) is 19.1 Å². The molecule has 0 amide bonds. The van der Waals surface area contributed by atoms with E-state index in [2.05, 4.69) is 4.74 Å². The fraction of sp³-hybridized carbons (Fsp3) is 0.500. The molecule has 0 aromatic carbocycles. The molecule has 0 rings (SSSR count). The predicted molar refractivity (Wildman–Crippen MR) is 42.5 cm³/mol. The zero-order valence-electron chi connectivity index (χ0n) is 7.15. The first-order valence-electron chi connectivity index (χ1n) is 3.27. The highest BCUT2D eigenvalue weighted by atomic mass is 16.6. The molecular formula is C6H12N2O5. The van der Waals surface area contributed by atoms with Crippen LogP contribution in [-0.4, -0.2) is 36.1 Å². The second-order valence-electron chi connectivity index (χ2n) is 1.77. The van der Waals surface area contributed by atoms with E-state index in [1.165, 1.54) is 0 Å². The molecule has 0 aliphatic carbocycles. The van der Waals surface area contributed by atoms with E-state index in [1.807, 2.05) is 0 Å². The van der Waals surface area contributed by atoms with Crippen molar-refractivity contribution in [2.24, 2.45) is 11.5 Å². The first-order chi connectivity index (χ1) is 5.93. The molecule has 7 heteroatoms. The van der Waals surface area contributed by atoms with Crippen molar-refractivity contribution in [3.05, 3.63) is 0 Å². The molecule has 0 aromatic rings. The lowest BCUT2D eigenvalue weighted by atomic mass is 10.6. The molecule has 0 spiro atoms. The maximum atomic E-state index is 10.2. The molecule has 0 heterocycles. The fourth-order valence-corrected chi connectivity index (χ4v) is 0.210. The van der Waals surface area contributed by atoms with Crippen molar-refractivity contribution < 1.29 is 24.2 Å². The Labute approximate surface area is 74.6 Å². The summed E-state index contributed by atoms with van der Waals surface area (Å²) in [6.07, 6.45) is 0. The summed E-state index contributed by atoms with van der Waals surface area (Å²) in [4.78, 5) is 29.3. The van der Waals surface area contributed by atoms with Crippen molar-refractivity contribution >= 4 is 17.9 Å². The van der Waals surface area contributed by atoms with Gasteiger partial charge in [0.2, 0.25) is 0 Å². The van der Waals surface area contributed by atoms with Gasteiger partial charge in [-0.2, -0.15) is 0 Å². The highest BCUT2D eigenvalue weighted by Crippen LogP contribution is 1.74. The normalized spacial score (nSPS) is 7.92. The minimum absolute atomic E-state index is 0.300. The smallest absolute Gasteiger partial charge is 0.327 e. The van der Waals surface area contributed by atoms with E-state index in [9.17, 15) is 9.59 Å². The maximum Gasteiger partial charge on any atom is 0.327 e. The molecule has 0 saturated heterocycles. The van der Waals surface area contributed by atoms with Gasteiger partial charge in [0, 0.05) is 6.92 Å². The van der Waals surface area contributed by atoms with Crippen molar-refractivity contribution in [2.45, 2.75) is 6.92 Å². The number of carbonyl (C=O) groups is 3. The average Bonchev–Trinajstić information content (AvgIpc) is 2.03. The molecular weight excluding hydrogens is 180 g/mol. The van der Waals surface area contributed by atoms with Crippen LogP contribution < -0.4 is 11.5 Å². The molecule has 76 valence electrons. The number of esters is 2. The van der Waals surface area contributed by atoms with Gasteiger partial charge in [-0.3, -0.25) is 14.4 Å². The second kappa shape index (κ2) is 8.62. The van der Waals surface area contributed by atoms with Gasteiger partial charge in [-0.05, 0) is 0 Å². The summed E-state index contributed by atoms with van der Waals surface area (Å²) in [5.41, 5.74) is 9.61. The second-order valence-corrected chi connectivity index (χ2v) is 1.77. The molecule has 0 aromatic heterocycles. The molecule has 0 fully saturated rings. The van der Waals surface area contributed by atoms with Crippen LogP contribution in [0.2, 0.25) is 0 Å². The van der Waals surface area contributed by atoms with E-state index in [0.29, 0.717) is 0 Å². The van der Waals surface area contributed by atoms with E-state index in [1.54, 1.807) is 0 Å². The third-order valence-corrected chi connectivity index (χ3v) is 0.561. The highest BCUT2D eigenvalue weighted by molar-refractivity contribution is 5.87. The third-order valence-electron chi connectivity index (χ3n) is 0.561. The number of carboxylic acid groups (broad SMARTS) is 1. The van der Waals surface area contributed by atoms with Crippen molar-refractivity contribution in [3.63, 3.8) is 0 Å². The van der Waals surface area contributed by atoms with Crippen LogP contribution in [0.15, 0.2) is 0 Å². The van der Waals surface area contributed by atoms with E-state index >= 15 is 0 Å². The number of carbonyl (C=O) groups excluding carboxylic acids is 2. The zero-order chi connectivity index (χ0) is 10.9. The van der Waals surface area contributed by atoms with Gasteiger partial charge in [0.1, 0.15) is 0 Å². The molecule has 0 radical (unpaired) electrons. The van der Waals surface area contributed by atoms with Gasteiger partial charge in [-0.15, -0.1) is 0 Å². The largest absolute Gasteiger partial charge is 0.481 e. The number of aliphatic carboxylic acids is 1. The summed E-state index contributed by atoms with van der Waals surface area (Å²) in [7, 11) is 0. The molecule has 13 heavy (non-hydrogen) atoms. The maximum absolute atomic E-state index is 10.2. The number of ether oxygens (including phenoxy) is 1. The van der Waals surface area contributed by atoms with Crippen LogP contribution in [0.3, 0.4) is 0 Å². The van der Waals surface area contributed by atoms with Crippen LogP contribution >= 0.6 is 0 Å². The number of rotatable bonds is 2. The van der Waals surface area contributed by atoms with Gasteiger partial charge in [0.15, 0.2) is 0 Å². The Balaban J connectivity index is 0. The molecule has 7 nitrogen and oxygen atoms in total. The summed E-state index contributed by atoms with van der Waals surface area (Å²) in [6.45, 7) is 0.484. The Morgan fingerprint density at radius 3 is 1.54 bits per heavy atom. The zero-order valence-corrected chi connectivity index (χ0v) is 7.15. The van der Waals surface area contributed by atoms with Gasteiger partial charge in [0.25, 0.3) is 5.97 Å². The summed E-state index contributed by atoms with van der Waals surface area (Å²) < 4.78 is 4.02. The molecule has 0 bridgehead atoms. The molecule has 0 unspecified atom stereocenters. The van der Waals surface area contributed by atoms with Crippen LogP contribution in [0, 0.1) is 0 Å². The lowest BCUT2D eigenvalue weighted by molar-refractivity contribution is -0.157. The quantitative estimate of drug-likeness (QED) is 0.342. The standard InChI is InChI=1S/C4H8N2O3.C2H4O2/c5-1-3(7)9-4(8)2-6;1-2(3)4/h1-2,5-6H2;1H3,(H,3,4). The van der Waals surface area contributed by atoms with E-state index in [-0.39, 0.29) is 13.1 Å². The van der Waals surface area contributed by atoms with Crippen molar-refractivity contribution in [3.8, 4) is 0 Å². The number of hydrogen-bond donors (Lipinski definition) is 3. The molecule has 0 aliphatic heterocycles. The lowest BCUT2D eigenvalue weighted by Crippen LogP contribution is -2.25. The Morgan fingerprint density at radius 2 is 1.38 bits per heavy atom. The number of hydrogen-bond acceptors (Lipinski definition) is 6. The molecule has 0 aliphatic rings. The first-order valence-corrected chi connectivity index (χ1v) is 3.27. The van der Waals surface area contributed by atoms with Gasteiger partial charge in [-0.25, -0.2) is 0 Å². The van der Waals surface area contributed by atoms with Gasteiger partial charge < -0.3 is 21.3 Å². The van der Waals surface area contributed by atoms with Crippen molar-refractivity contribution in [1.29, 1.82) is 0 Å². The van der Waals surface area contributed by atoms with Gasteiger partial charge >= 0.3 is 11.9 Å². The SMILES string of the molecule is CC(=O)O.NCC(=O)OC(=O)CN. The summed E-state index contributed by atoms with van der Waals surface area (Å²) in [5.74, 6) is -2.35.